The standard InChI is InChI=1S/C17H18N3O4S/c1-5-6-12-13-16(20-17(18-12)25(4,22)23)24-15(19-13)11-7-9(2)14(21)10(3)8-11/h7-8H,5-6H2,1-4H3. The van der Waals surface area contributed by atoms with E-state index in [4.69, 9.17) is 4.42 Å². The predicted octanol–water partition coefficient (Wildman–Crippen LogP) is 3.40. The van der Waals surface area contributed by atoms with Gasteiger partial charge in [-0.25, -0.2) is 18.4 Å². The van der Waals surface area contributed by atoms with E-state index >= 15 is 0 Å². The van der Waals surface area contributed by atoms with E-state index in [1.165, 1.54) is 0 Å². The fraction of sp³-hybridized carbons (Fsp3) is 0.353. The molecule has 0 fully saturated rings. The molecule has 0 saturated carbocycles. The second-order valence-corrected chi connectivity index (χ2v) is 8.00. The molecule has 131 valence electrons. The van der Waals surface area contributed by atoms with Gasteiger partial charge in [0.2, 0.25) is 20.9 Å². The SMILES string of the molecule is CCCc1nc(S(C)(=O)=O)nc2oc(-c3cc(C)c([O])c(C)c3)nc12. The smallest absolute Gasteiger partial charge is 0.251 e. The summed E-state index contributed by atoms with van der Waals surface area (Å²) in [5.41, 5.74) is 2.96. The van der Waals surface area contributed by atoms with Crippen LogP contribution in [-0.4, -0.2) is 29.6 Å². The molecule has 0 spiro atoms. The van der Waals surface area contributed by atoms with Gasteiger partial charge in [0.15, 0.2) is 11.3 Å². The fourth-order valence-electron chi connectivity index (χ4n) is 2.63. The van der Waals surface area contributed by atoms with Crippen molar-refractivity contribution >= 4 is 21.1 Å². The first kappa shape index (κ1) is 17.3. The van der Waals surface area contributed by atoms with Gasteiger partial charge in [-0.3, -0.25) is 5.11 Å². The average molecular weight is 360 g/mol. The highest BCUT2D eigenvalue weighted by Gasteiger charge is 2.20. The van der Waals surface area contributed by atoms with E-state index in [1.54, 1.807) is 26.0 Å². The maximum Gasteiger partial charge on any atom is 0.251 e. The van der Waals surface area contributed by atoms with Crippen molar-refractivity contribution in [3.05, 3.63) is 29.0 Å². The molecule has 0 aliphatic rings. The summed E-state index contributed by atoms with van der Waals surface area (Å²) in [4.78, 5) is 12.6. The van der Waals surface area contributed by atoms with Crippen molar-refractivity contribution in [1.29, 1.82) is 0 Å². The minimum absolute atomic E-state index is 0.0225. The molecule has 7 nitrogen and oxygen atoms in total. The summed E-state index contributed by atoms with van der Waals surface area (Å²) < 4.78 is 29.3. The molecule has 1 radical (unpaired) electrons. The van der Waals surface area contributed by atoms with Gasteiger partial charge in [0.1, 0.15) is 0 Å². The summed E-state index contributed by atoms with van der Waals surface area (Å²) in [7, 11) is -3.56. The number of aryl methyl sites for hydroxylation is 3. The Labute approximate surface area is 145 Å². The Morgan fingerprint density at radius 1 is 1.08 bits per heavy atom. The highest BCUT2D eigenvalue weighted by molar-refractivity contribution is 7.90. The number of fused-ring (bicyclic) bond motifs is 1. The van der Waals surface area contributed by atoms with Crippen LogP contribution in [-0.2, 0) is 21.4 Å². The van der Waals surface area contributed by atoms with Crippen molar-refractivity contribution in [3.63, 3.8) is 0 Å². The topological polar surface area (TPSA) is 106 Å². The zero-order valence-electron chi connectivity index (χ0n) is 14.5. The van der Waals surface area contributed by atoms with Gasteiger partial charge < -0.3 is 4.42 Å². The van der Waals surface area contributed by atoms with Crippen LogP contribution in [0.4, 0.5) is 0 Å². The number of sulfone groups is 1. The van der Waals surface area contributed by atoms with Crippen LogP contribution in [0.2, 0.25) is 0 Å². The quantitative estimate of drug-likeness (QED) is 0.660. The van der Waals surface area contributed by atoms with E-state index in [-0.39, 0.29) is 16.6 Å². The monoisotopic (exact) mass is 360 g/mol. The number of rotatable bonds is 4. The summed E-state index contributed by atoms with van der Waals surface area (Å²) in [5.74, 6) is 0.268. The minimum Gasteiger partial charge on any atom is -0.418 e. The van der Waals surface area contributed by atoms with Gasteiger partial charge in [-0.05, 0) is 43.5 Å². The van der Waals surface area contributed by atoms with Crippen molar-refractivity contribution in [2.45, 2.75) is 38.8 Å². The van der Waals surface area contributed by atoms with Crippen LogP contribution < -0.4 is 0 Å². The van der Waals surface area contributed by atoms with Crippen molar-refractivity contribution in [2.24, 2.45) is 0 Å². The van der Waals surface area contributed by atoms with Gasteiger partial charge in [0, 0.05) is 11.8 Å². The fourth-order valence-corrected chi connectivity index (χ4v) is 3.16. The average Bonchev–Trinajstić information content (AvgIpc) is 2.96. The Balaban J connectivity index is 2.24. The largest absolute Gasteiger partial charge is 0.418 e. The van der Waals surface area contributed by atoms with Crippen molar-refractivity contribution in [3.8, 4) is 17.2 Å². The Morgan fingerprint density at radius 3 is 2.28 bits per heavy atom. The molecule has 0 saturated heterocycles. The summed E-state index contributed by atoms with van der Waals surface area (Å²) in [6.45, 7) is 5.42. The van der Waals surface area contributed by atoms with Crippen LogP contribution in [0.15, 0.2) is 21.7 Å². The summed E-state index contributed by atoms with van der Waals surface area (Å²) in [5, 5.41) is 11.6. The third-order valence-electron chi connectivity index (χ3n) is 3.84. The lowest BCUT2D eigenvalue weighted by Gasteiger charge is -2.02. The Hall–Kier alpha value is -2.48. The van der Waals surface area contributed by atoms with Gasteiger partial charge in [0.25, 0.3) is 5.71 Å². The predicted molar refractivity (Wildman–Crippen MR) is 91.7 cm³/mol. The zero-order chi connectivity index (χ0) is 18.4. The molecule has 0 unspecified atom stereocenters. The third kappa shape index (κ3) is 3.21. The molecule has 0 N–H and O–H groups in total. The molecule has 0 amide bonds. The number of nitrogens with zero attached hydrogens (tertiary/aromatic N) is 3. The molecule has 3 aromatic rings. The molecule has 0 aliphatic carbocycles. The van der Waals surface area contributed by atoms with E-state index in [0.29, 0.717) is 40.2 Å². The molecule has 2 aromatic heterocycles. The zero-order valence-corrected chi connectivity index (χ0v) is 15.3. The first-order valence-electron chi connectivity index (χ1n) is 7.87. The van der Waals surface area contributed by atoms with Gasteiger partial charge in [-0.2, -0.15) is 4.98 Å². The summed E-state index contributed by atoms with van der Waals surface area (Å²) in [6, 6.07) is 3.40. The van der Waals surface area contributed by atoms with Gasteiger partial charge in [-0.15, -0.1) is 0 Å². The molecule has 0 atom stereocenters. The van der Waals surface area contributed by atoms with Crippen LogP contribution in [0, 0.1) is 13.8 Å². The van der Waals surface area contributed by atoms with Crippen LogP contribution in [0.25, 0.3) is 22.7 Å². The Morgan fingerprint density at radius 2 is 1.72 bits per heavy atom. The van der Waals surface area contributed by atoms with E-state index in [1.807, 2.05) is 6.92 Å². The van der Waals surface area contributed by atoms with Crippen molar-refractivity contribution in [1.82, 2.24) is 15.0 Å². The normalized spacial score (nSPS) is 12.0. The van der Waals surface area contributed by atoms with Crippen LogP contribution in [0.1, 0.15) is 30.2 Å². The summed E-state index contributed by atoms with van der Waals surface area (Å²) >= 11 is 0. The van der Waals surface area contributed by atoms with Gasteiger partial charge >= 0.3 is 0 Å². The van der Waals surface area contributed by atoms with E-state index < -0.39 is 9.84 Å². The molecular formula is C17H18N3O4S. The van der Waals surface area contributed by atoms with Gasteiger partial charge in [-0.1, -0.05) is 13.3 Å². The second-order valence-electron chi connectivity index (χ2n) is 6.09. The molecule has 8 heteroatoms. The van der Waals surface area contributed by atoms with Crippen LogP contribution in [0.5, 0.6) is 5.75 Å². The lowest BCUT2D eigenvalue weighted by atomic mass is 10.1. The molecule has 25 heavy (non-hydrogen) atoms. The first-order valence-corrected chi connectivity index (χ1v) is 9.76. The van der Waals surface area contributed by atoms with Crippen LogP contribution in [0.3, 0.4) is 0 Å². The number of hydrogen-bond donors (Lipinski definition) is 0. The lowest BCUT2D eigenvalue weighted by molar-refractivity contribution is 0.348. The van der Waals surface area contributed by atoms with Crippen molar-refractivity contribution < 1.29 is 17.9 Å². The number of aromatic nitrogens is 3. The van der Waals surface area contributed by atoms with Crippen LogP contribution >= 0.6 is 0 Å². The molecule has 3 rings (SSSR count). The van der Waals surface area contributed by atoms with Crippen molar-refractivity contribution in [2.75, 3.05) is 6.26 Å². The minimum atomic E-state index is -3.56. The summed E-state index contributed by atoms with van der Waals surface area (Å²) in [6.07, 6.45) is 2.40. The van der Waals surface area contributed by atoms with E-state index in [0.717, 1.165) is 12.7 Å². The maximum absolute atomic E-state index is 11.9. The lowest BCUT2D eigenvalue weighted by Crippen LogP contribution is -2.06. The van der Waals surface area contributed by atoms with E-state index in [9.17, 15) is 13.5 Å². The molecule has 0 bridgehead atoms. The highest BCUT2D eigenvalue weighted by atomic mass is 32.2. The van der Waals surface area contributed by atoms with E-state index in [2.05, 4.69) is 15.0 Å². The molecular weight excluding hydrogens is 342 g/mol. The number of benzene rings is 1. The molecule has 2 heterocycles. The maximum atomic E-state index is 11.9. The molecule has 1 aromatic carbocycles. The molecule has 0 aliphatic heterocycles. The van der Waals surface area contributed by atoms with Gasteiger partial charge in [0.05, 0.1) is 5.69 Å². The second kappa shape index (κ2) is 6.11. The number of hydrogen-bond acceptors (Lipinski definition) is 6. The number of oxazole rings is 1. The first-order chi connectivity index (χ1) is 11.7. The third-order valence-corrected chi connectivity index (χ3v) is 4.68. The Bertz CT molecular complexity index is 1050. The Kier molecular flexibility index (Phi) is 4.24. The highest BCUT2D eigenvalue weighted by Crippen LogP contribution is 2.31.